The Bertz CT molecular complexity index is 623. The number of anilines is 2. The van der Waals surface area contributed by atoms with Gasteiger partial charge in [0.15, 0.2) is 0 Å². The summed E-state index contributed by atoms with van der Waals surface area (Å²) in [5.41, 5.74) is 1.89. The van der Waals surface area contributed by atoms with Crippen molar-refractivity contribution in [3.63, 3.8) is 0 Å². The van der Waals surface area contributed by atoms with Crippen molar-refractivity contribution < 1.29 is 14.3 Å². The topological polar surface area (TPSA) is 85.9 Å². The molecular formula is C19H29N5O3. The maximum absolute atomic E-state index is 12.0. The maximum Gasteiger partial charge on any atom is 0.315 e. The number of carbonyl (C=O) groups excluding carboxylic acids is 2. The van der Waals surface area contributed by atoms with E-state index in [9.17, 15) is 9.59 Å². The van der Waals surface area contributed by atoms with Crippen molar-refractivity contribution in [1.29, 1.82) is 0 Å². The highest BCUT2D eigenvalue weighted by Gasteiger charge is 2.17. The smallest absolute Gasteiger partial charge is 0.315 e. The number of urea groups is 1. The molecule has 1 aromatic carbocycles. The van der Waals surface area contributed by atoms with Gasteiger partial charge in [-0.05, 0) is 44.2 Å². The molecule has 0 saturated carbocycles. The summed E-state index contributed by atoms with van der Waals surface area (Å²) in [6.45, 7) is 5.39. The van der Waals surface area contributed by atoms with Crippen LogP contribution in [0.4, 0.5) is 16.2 Å². The van der Waals surface area contributed by atoms with Crippen molar-refractivity contribution in [3.8, 4) is 0 Å². The van der Waals surface area contributed by atoms with Crippen molar-refractivity contribution in [2.75, 3.05) is 63.2 Å². The molecule has 0 spiro atoms. The van der Waals surface area contributed by atoms with E-state index >= 15 is 0 Å². The van der Waals surface area contributed by atoms with Crippen LogP contribution in [-0.4, -0.2) is 75.9 Å². The van der Waals surface area contributed by atoms with Gasteiger partial charge in [-0.1, -0.05) is 0 Å². The zero-order valence-corrected chi connectivity index (χ0v) is 15.9. The number of benzene rings is 1. The Morgan fingerprint density at radius 1 is 1.07 bits per heavy atom. The lowest BCUT2D eigenvalue weighted by Crippen LogP contribution is -2.46. The van der Waals surface area contributed by atoms with Gasteiger partial charge in [0, 0.05) is 56.8 Å². The molecule has 0 aromatic heterocycles. The number of amides is 3. The van der Waals surface area contributed by atoms with E-state index in [-0.39, 0.29) is 24.5 Å². The first-order valence-electron chi connectivity index (χ1n) is 9.55. The van der Waals surface area contributed by atoms with Crippen LogP contribution in [0.2, 0.25) is 0 Å². The van der Waals surface area contributed by atoms with Crippen molar-refractivity contribution in [2.24, 2.45) is 0 Å². The minimum Gasteiger partial charge on any atom is -0.381 e. The lowest BCUT2D eigenvalue weighted by atomic mass is 10.1. The van der Waals surface area contributed by atoms with Crippen LogP contribution in [-0.2, 0) is 9.53 Å². The third kappa shape index (κ3) is 6.11. The summed E-state index contributed by atoms with van der Waals surface area (Å²) < 4.78 is 5.26. The first-order chi connectivity index (χ1) is 13.1. The van der Waals surface area contributed by atoms with Gasteiger partial charge in [-0.25, -0.2) is 4.79 Å². The van der Waals surface area contributed by atoms with E-state index in [1.165, 1.54) is 0 Å². The number of likely N-dealkylation sites (N-methyl/N-ethyl adjacent to an activating group) is 1. The highest BCUT2D eigenvalue weighted by molar-refractivity contribution is 5.94. The molecule has 2 fully saturated rings. The molecule has 0 unspecified atom stereocenters. The lowest BCUT2D eigenvalue weighted by Gasteiger charge is -2.34. The van der Waals surface area contributed by atoms with E-state index in [1.54, 1.807) is 0 Å². The van der Waals surface area contributed by atoms with Crippen LogP contribution in [0.5, 0.6) is 0 Å². The average Bonchev–Trinajstić information content (AvgIpc) is 2.68. The fraction of sp³-hybridized carbons (Fsp3) is 0.579. The molecule has 27 heavy (non-hydrogen) atoms. The van der Waals surface area contributed by atoms with Gasteiger partial charge in [-0.15, -0.1) is 0 Å². The Morgan fingerprint density at radius 2 is 1.74 bits per heavy atom. The number of hydrogen-bond acceptors (Lipinski definition) is 5. The summed E-state index contributed by atoms with van der Waals surface area (Å²) in [7, 11) is 2.13. The quantitative estimate of drug-likeness (QED) is 0.711. The molecule has 0 atom stereocenters. The Labute approximate surface area is 160 Å². The molecule has 2 aliphatic rings. The van der Waals surface area contributed by atoms with Crippen LogP contribution in [0.15, 0.2) is 24.3 Å². The normalized spacial score (nSPS) is 18.8. The van der Waals surface area contributed by atoms with E-state index in [1.807, 2.05) is 24.3 Å². The predicted octanol–water partition coefficient (Wildman–Crippen LogP) is 0.855. The summed E-state index contributed by atoms with van der Waals surface area (Å²) in [5.74, 6) is -0.246. The number of hydrogen-bond donors (Lipinski definition) is 3. The molecule has 148 valence electrons. The van der Waals surface area contributed by atoms with Gasteiger partial charge in [0.1, 0.15) is 0 Å². The molecule has 8 nitrogen and oxygen atoms in total. The molecule has 2 heterocycles. The van der Waals surface area contributed by atoms with Gasteiger partial charge < -0.3 is 30.5 Å². The van der Waals surface area contributed by atoms with Gasteiger partial charge in [0.05, 0.1) is 6.54 Å². The van der Waals surface area contributed by atoms with Gasteiger partial charge in [0.2, 0.25) is 5.91 Å². The van der Waals surface area contributed by atoms with Crippen LogP contribution < -0.4 is 20.9 Å². The van der Waals surface area contributed by atoms with Crippen LogP contribution in [0.25, 0.3) is 0 Å². The van der Waals surface area contributed by atoms with Crippen LogP contribution >= 0.6 is 0 Å². The van der Waals surface area contributed by atoms with Crippen molar-refractivity contribution in [1.82, 2.24) is 15.5 Å². The number of carbonyl (C=O) groups is 2. The Morgan fingerprint density at radius 3 is 2.41 bits per heavy atom. The Balaban J connectivity index is 1.39. The SMILES string of the molecule is CN1CCN(c2ccc(NC(=O)CNC(=O)NC3CCOCC3)cc2)CC1. The van der Waals surface area contributed by atoms with Crippen molar-refractivity contribution in [2.45, 2.75) is 18.9 Å². The fourth-order valence-corrected chi connectivity index (χ4v) is 3.26. The van der Waals surface area contributed by atoms with Gasteiger partial charge in [-0.2, -0.15) is 0 Å². The predicted molar refractivity (Wildman–Crippen MR) is 105 cm³/mol. The molecule has 1 aromatic rings. The number of piperazine rings is 1. The third-order valence-corrected chi connectivity index (χ3v) is 4.99. The first kappa shape index (κ1) is 19.4. The van der Waals surface area contributed by atoms with E-state index in [4.69, 9.17) is 4.74 Å². The summed E-state index contributed by atoms with van der Waals surface area (Å²) >= 11 is 0. The number of nitrogens with zero attached hydrogens (tertiary/aromatic N) is 2. The summed E-state index contributed by atoms with van der Waals surface area (Å²) in [4.78, 5) is 28.6. The zero-order chi connectivity index (χ0) is 19.1. The van der Waals surface area contributed by atoms with Crippen LogP contribution in [0.1, 0.15) is 12.8 Å². The van der Waals surface area contributed by atoms with Crippen LogP contribution in [0.3, 0.4) is 0 Å². The Hall–Kier alpha value is -2.32. The molecule has 2 aliphatic heterocycles. The minimum atomic E-state index is -0.317. The highest BCUT2D eigenvalue weighted by atomic mass is 16.5. The lowest BCUT2D eigenvalue weighted by molar-refractivity contribution is -0.115. The molecule has 0 aliphatic carbocycles. The molecule has 0 bridgehead atoms. The summed E-state index contributed by atoms with van der Waals surface area (Å²) in [5, 5.41) is 8.28. The molecule has 8 heteroatoms. The number of ether oxygens (including phenoxy) is 1. The third-order valence-electron chi connectivity index (χ3n) is 4.99. The van der Waals surface area contributed by atoms with Gasteiger partial charge in [0.25, 0.3) is 0 Å². The number of nitrogens with one attached hydrogen (secondary N) is 3. The monoisotopic (exact) mass is 375 g/mol. The molecule has 2 saturated heterocycles. The van der Waals surface area contributed by atoms with Gasteiger partial charge in [-0.3, -0.25) is 4.79 Å². The average molecular weight is 375 g/mol. The van der Waals surface area contributed by atoms with E-state index in [0.29, 0.717) is 13.2 Å². The van der Waals surface area contributed by atoms with Gasteiger partial charge >= 0.3 is 6.03 Å². The molecular weight excluding hydrogens is 346 g/mol. The standard InChI is InChI=1S/C19H29N5O3/c1-23-8-10-24(11-9-23)17-4-2-15(3-5-17)21-18(25)14-20-19(26)22-16-6-12-27-13-7-16/h2-5,16H,6-14H2,1H3,(H,21,25)(H2,20,22,26). The molecule has 0 radical (unpaired) electrons. The first-order valence-corrected chi connectivity index (χ1v) is 9.55. The van der Waals surface area contributed by atoms with Crippen LogP contribution in [0, 0.1) is 0 Å². The zero-order valence-electron chi connectivity index (χ0n) is 15.9. The summed E-state index contributed by atoms with van der Waals surface area (Å²) in [6, 6.07) is 7.63. The second-order valence-corrected chi connectivity index (χ2v) is 7.10. The maximum atomic E-state index is 12.0. The molecule has 3 amide bonds. The second kappa shape index (κ2) is 9.57. The molecule has 3 rings (SSSR count). The van der Waals surface area contributed by atoms with E-state index < -0.39 is 0 Å². The fourth-order valence-electron chi connectivity index (χ4n) is 3.26. The van der Waals surface area contributed by atoms with Crippen molar-refractivity contribution >= 4 is 23.3 Å². The van der Waals surface area contributed by atoms with E-state index in [0.717, 1.165) is 50.4 Å². The number of rotatable bonds is 5. The van der Waals surface area contributed by atoms with E-state index in [2.05, 4.69) is 32.8 Å². The van der Waals surface area contributed by atoms with Crippen molar-refractivity contribution in [3.05, 3.63) is 24.3 Å². The second-order valence-electron chi connectivity index (χ2n) is 7.10. The minimum absolute atomic E-state index is 0.0603. The Kier molecular flexibility index (Phi) is 6.89. The largest absolute Gasteiger partial charge is 0.381 e. The summed E-state index contributed by atoms with van der Waals surface area (Å²) in [6.07, 6.45) is 1.61. The molecule has 3 N–H and O–H groups in total. The highest BCUT2D eigenvalue weighted by Crippen LogP contribution is 2.19.